The number of rotatable bonds is 6. The van der Waals surface area contributed by atoms with Crippen molar-refractivity contribution >= 4 is 12.1 Å². The van der Waals surface area contributed by atoms with Crippen molar-refractivity contribution in [1.29, 1.82) is 0 Å². The van der Waals surface area contributed by atoms with Crippen molar-refractivity contribution in [2.24, 2.45) is 11.3 Å². The number of carbonyl (C=O) groups excluding carboxylic acids is 1. The zero-order valence-corrected chi connectivity index (χ0v) is 11.7. The van der Waals surface area contributed by atoms with Gasteiger partial charge in [-0.05, 0) is 46.0 Å². The normalized spacial score (nSPS) is 18.5. The van der Waals surface area contributed by atoms with E-state index in [0.717, 1.165) is 12.8 Å². The van der Waals surface area contributed by atoms with Crippen LogP contribution in [0, 0.1) is 11.3 Å². The van der Waals surface area contributed by atoms with Crippen LogP contribution in [-0.2, 0) is 9.53 Å². The highest BCUT2D eigenvalue weighted by Crippen LogP contribution is 2.47. The summed E-state index contributed by atoms with van der Waals surface area (Å²) in [5.41, 5.74) is -1.70. The lowest BCUT2D eigenvalue weighted by Crippen LogP contribution is -2.46. The second-order valence-electron chi connectivity index (χ2n) is 6.06. The first-order valence-electron chi connectivity index (χ1n) is 6.52. The van der Waals surface area contributed by atoms with Crippen LogP contribution in [0.2, 0.25) is 0 Å². The zero-order chi connectivity index (χ0) is 14.7. The Morgan fingerprint density at radius 3 is 2.26 bits per heavy atom. The van der Waals surface area contributed by atoms with Gasteiger partial charge in [0.05, 0.1) is 5.41 Å². The number of aliphatic carboxylic acids is 1. The lowest BCUT2D eigenvalue weighted by atomic mass is 9.79. The Morgan fingerprint density at radius 2 is 1.89 bits per heavy atom. The molecule has 0 bridgehead atoms. The molecule has 1 aliphatic carbocycles. The summed E-state index contributed by atoms with van der Waals surface area (Å²) in [6.45, 7) is 5.00. The van der Waals surface area contributed by atoms with Crippen LogP contribution < -0.4 is 5.32 Å². The number of aliphatic hydroxyl groups is 1. The molecule has 110 valence electrons. The van der Waals surface area contributed by atoms with Gasteiger partial charge < -0.3 is 20.3 Å². The monoisotopic (exact) mass is 273 g/mol. The third-order valence-corrected chi connectivity index (χ3v) is 3.29. The minimum Gasteiger partial charge on any atom is -0.481 e. The molecule has 0 heterocycles. The van der Waals surface area contributed by atoms with Gasteiger partial charge in [0.15, 0.2) is 0 Å². The summed E-state index contributed by atoms with van der Waals surface area (Å²) in [6, 6.07) is 0. The second kappa shape index (κ2) is 5.77. The molecular weight excluding hydrogens is 250 g/mol. The number of alkyl carbamates (subject to hydrolysis) is 1. The van der Waals surface area contributed by atoms with Gasteiger partial charge in [0.25, 0.3) is 0 Å². The molecular formula is C13H23NO5. The fourth-order valence-electron chi connectivity index (χ4n) is 2.17. The highest BCUT2D eigenvalue weighted by Gasteiger charge is 2.50. The molecule has 0 aromatic heterocycles. The van der Waals surface area contributed by atoms with E-state index >= 15 is 0 Å². The molecule has 1 rings (SSSR count). The molecule has 1 fully saturated rings. The van der Waals surface area contributed by atoms with Gasteiger partial charge in [0.2, 0.25) is 0 Å². The van der Waals surface area contributed by atoms with E-state index in [0.29, 0.717) is 0 Å². The van der Waals surface area contributed by atoms with Crippen LogP contribution in [0.5, 0.6) is 0 Å². The van der Waals surface area contributed by atoms with Gasteiger partial charge in [-0.25, -0.2) is 4.79 Å². The van der Waals surface area contributed by atoms with Crippen LogP contribution in [-0.4, -0.2) is 41.0 Å². The fourth-order valence-corrected chi connectivity index (χ4v) is 2.17. The minimum atomic E-state index is -1.08. The lowest BCUT2D eigenvalue weighted by molar-refractivity contribution is -0.151. The van der Waals surface area contributed by atoms with Crippen LogP contribution >= 0.6 is 0 Å². The van der Waals surface area contributed by atoms with Gasteiger partial charge in [-0.2, -0.15) is 0 Å². The molecule has 0 aliphatic heterocycles. The molecule has 6 heteroatoms. The van der Waals surface area contributed by atoms with Gasteiger partial charge >= 0.3 is 12.1 Å². The predicted octanol–water partition coefficient (Wildman–Crippen LogP) is 1.37. The average molecular weight is 273 g/mol. The number of hydrogen-bond acceptors (Lipinski definition) is 4. The van der Waals surface area contributed by atoms with Gasteiger partial charge in [-0.15, -0.1) is 0 Å². The largest absolute Gasteiger partial charge is 0.481 e. The summed E-state index contributed by atoms with van der Waals surface area (Å²) in [5.74, 6) is -0.952. The van der Waals surface area contributed by atoms with E-state index in [9.17, 15) is 14.7 Å². The van der Waals surface area contributed by atoms with E-state index in [-0.39, 0.29) is 25.5 Å². The fraction of sp³-hybridized carbons (Fsp3) is 0.846. The summed E-state index contributed by atoms with van der Waals surface area (Å²) in [7, 11) is 0. The molecule has 0 radical (unpaired) electrons. The quantitative estimate of drug-likeness (QED) is 0.679. The molecule has 0 saturated heterocycles. The highest BCUT2D eigenvalue weighted by molar-refractivity contribution is 5.77. The maximum Gasteiger partial charge on any atom is 0.407 e. The number of carbonyl (C=O) groups is 2. The molecule has 1 saturated carbocycles. The van der Waals surface area contributed by atoms with Crippen LogP contribution in [0.25, 0.3) is 0 Å². The van der Waals surface area contributed by atoms with E-state index < -0.39 is 23.1 Å². The predicted molar refractivity (Wildman–Crippen MR) is 68.7 cm³/mol. The van der Waals surface area contributed by atoms with E-state index in [1.165, 1.54) is 0 Å². The average Bonchev–Trinajstić information content (AvgIpc) is 3.05. The zero-order valence-electron chi connectivity index (χ0n) is 11.7. The number of hydrogen-bond donors (Lipinski definition) is 3. The number of carboxylic acids is 1. The first kappa shape index (κ1) is 15.8. The van der Waals surface area contributed by atoms with Crippen LogP contribution in [0.4, 0.5) is 4.79 Å². The van der Waals surface area contributed by atoms with E-state index in [1.54, 1.807) is 20.8 Å². The van der Waals surface area contributed by atoms with Crippen molar-refractivity contribution in [3.05, 3.63) is 0 Å². The highest BCUT2D eigenvalue weighted by atomic mass is 16.6. The van der Waals surface area contributed by atoms with Crippen LogP contribution in [0.1, 0.15) is 40.0 Å². The number of ether oxygens (including phenoxy) is 1. The third-order valence-electron chi connectivity index (χ3n) is 3.29. The smallest absolute Gasteiger partial charge is 0.407 e. The van der Waals surface area contributed by atoms with Crippen LogP contribution in [0.15, 0.2) is 0 Å². The Bertz CT molecular complexity index is 345. The molecule has 1 atom stereocenters. The maximum atomic E-state index is 11.6. The lowest BCUT2D eigenvalue weighted by Gasteiger charge is -2.29. The van der Waals surface area contributed by atoms with Crippen molar-refractivity contribution in [3.8, 4) is 0 Å². The summed E-state index contributed by atoms with van der Waals surface area (Å²) in [5, 5.41) is 21.0. The van der Waals surface area contributed by atoms with Crippen LogP contribution in [0.3, 0.4) is 0 Å². The van der Waals surface area contributed by atoms with Crippen molar-refractivity contribution in [2.45, 2.75) is 45.6 Å². The van der Waals surface area contributed by atoms with Gasteiger partial charge in [0, 0.05) is 13.2 Å². The standard InChI is InChI=1S/C13H23NO5/c1-12(2,3)19-11(18)14-8-13(6-7-15,10(16)17)9-4-5-9/h9,15H,4-8H2,1-3H3,(H,14,18)(H,16,17). The minimum absolute atomic E-state index is 0.0114. The summed E-state index contributed by atoms with van der Waals surface area (Å²) in [4.78, 5) is 23.1. The molecule has 19 heavy (non-hydrogen) atoms. The summed E-state index contributed by atoms with van der Waals surface area (Å²) >= 11 is 0. The number of carboxylic acid groups (broad SMARTS) is 1. The van der Waals surface area contributed by atoms with Crippen molar-refractivity contribution in [1.82, 2.24) is 5.32 Å². The first-order chi connectivity index (χ1) is 8.71. The van der Waals surface area contributed by atoms with Crippen molar-refractivity contribution in [3.63, 3.8) is 0 Å². The first-order valence-corrected chi connectivity index (χ1v) is 6.52. The molecule has 3 N–H and O–H groups in total. The Hall–Kier alpha value is -1.30. The SMILES string of the molecule is CC(C)(C)OC(=O)NCC(CCO)(C(=O)O)C1CC1. The molecule has 1 aliphatic rings. The summed E-state index contributed by atoms with van der Waals surface area (Å²) in [6.07, 6.45) is 1.16. The van der Waals surface area contributed by atoms with E-state index in [1.807, 2.05) is 0 Å². The molecule has 0 spiro atoms. The van der Waals surface area contributed by atoms with Gasteiger partial charge in [-0.1, -0.05) is 0 Å². The van der Waals surface area contributed by atoms with Gasteiger partial charge in [-0.3, -0.25) is 4.79 Å². The Kier molecular flexibility index (Phi) is 4.79. The molecule has 6 nitrogen and oxygen atoms in total. The molecule has 0 aromatic carbocycles. The molecule has 1 amide bonds. The second-order valence-corrected chi connectivity index (χ2v) is 6.06. The number of amides is 1. The Morgan fingerprint density at radius 1 is 1.32 bits per heavy atom. The maximum absolute atomic E-state index is 11.6. The molecule has 0 aromatic rings. The van der Waals surface area contributed by atoms with E-state index in [2.05, 4.69) is 5.32 Å². The van der Waals surface area contributed by atoms with Gasteiger partial charge in [0.1, 0.15) is 5.60 Å². The number of aliphatic hydroxyl groups excluding tert-OH is 1. The Labute approximate surface area is 113 Å². The Balaban J connectivity index is 2.63. The number of nitrogens with one attached hydrogen (secondary N) is 1. The van der Waals surface area contributed by atoms with Crippen molar-refractivity contribution < 1.29 is 24.5 Å². The molecule has 1 unspecified atom stereocenters. The van der Waals surface area contributed by atoms with E-state index in [4.69, 9.17) is 9.84 Å². The third kappa shape index (κ3) is 4.38. The van der Waals surface area contributed by atoms with Crippen molar-refractivity contribution in [2.75, 3.05) is 13.2 Å². The topological polar surface area (TPSA) is 95.9 Å². The summed E-state index contributed by atoms with van der Waals surface area (Å²) < 4.78 is 5.09.